The van der Waals surface area contributed by atoms with Crippen molar-refractivity contribution in [1.82, 2.24) is 38.3 Å². The van der Waals surface area contributed by atoms with Crippen molar-refractivity contribution in [2.45, 2.75) is 163 Å². The number of morpholine rings is 2. The molecule has 26 nitrogen and oxygen atoms in total. The van der Waals surface area contributed by atoms with Gasteiger partial charge < -0.3 is 47.2 Å². The van der Waals surface area contributed by atoms with Crippen LogP contribution in [0.1, 0.15) is 186 Å². The van der Waals surface area contributed by atoms with Crippen molar-refractivity contribution in [3.05, 3.63) is 372 Å². The van der Waals surface area contributed by atoms with Gasteiger partial charge in [-0.05, 0) is 143 Å². The van der Waals surface area contributed by atoms with Crippen LogP contribution in [0.4, 0.5) is 39.5 Å². The van der Waals surface area contributed by atoms with Crippen LogP contribution in [0.25, 0.3) is 0 Å². The second-order valence-corrected chi connectivity index (χ2v) is 42.4. The number of nitrogens with zero attached hydrogens (tertiary/aromatic N) is 12. The first-order valence-corrected chi connectivity index (χ1v) is 52.2. The second-order valence-electron chi connectivity index (χ2n) is 37.4. The number of thioether (sulfide) groups is 4. The van der Waals surface area contributed by atoms with E-state index in [2.05, 4.69) is 49.9 Å². The summed E-state index contributed by atoms with van der Waals surface area (Å²) in [5, 5.41) is 7.74. The Morgan fingerprint density at radius 1 is 0.366 bits per heavy atom. The van der Waals surface area contributed by atoms with Crippen LogP contribution < -0.4 is 59.8 Å². The maximum atomic E-state index is 15.3. The Hall–Kier alpha value is -11.8. The van der Waals surface area contributed by atoms with E-state index in [1.165, 1.54) is 94.8 Å². The third-order valence-electron chi connectivity index (χ3n) is 28.5. The number of rotatable bonds is 8. The zero-order valence-electron chi connectivity index (χ0n) is 77.7. The lowest BCUT2D eigenvalue weighted by molar-refractivity contribution is -0.0798. The molecule has 4 unspecified atom stereocenters. The second kappa shape index (κ2) is 39.5. The predicted octanol–water partition coefficient (Wildman–Crippen LogP) is 17.6. The molecule has 12 aliphatic heterocycles. The summed E-state index contributed by atoms with van der Waals surface area (Å²) >= 11 is 5.90. The number of alkyl halides is 2. The molecule has 4 saturated heterocycles. The molecule has 12 aliphatic rings. The highest BCUT2D eigenvalue weighted by Crippen LogP contribution is 2.54. The summed E-state index contributed by atoms with van der Waals surface area (Å²) in [6, 6.07) is 46.4. The summed E-state index contributed by atoms with van der Waals surface area (Å²) in [5.74, 6) is -9.81. The molecule has 0 radical (unpaired) electrons. The number of amides is 4. The van der Waals surface area contributed by atoms with E-state index in [0.29, 0.717) is 60.8 Å². The van der Waals surface area contributed by atoms with Gasteiger partial charge in [0.25, 0.3) is 29.6 Å². The zero-order chi connectivity index (χ0) is 102. The number of halogens is 9. The first-order chi connectivity index (χ1) is 69.8. The molecule has 0 N–H and O–H groups in total. The average Bonchev–Trinajstić information content (AvgIpc) is 1.54. The predicted molar refractivity (Wildman–Crippen MR) is 541 cm³/mol. The van der Waals surface area contributed by atoms with Crippen molar-refractivity contribution in [3.8, 4) is 23.0 Å². The minimum Gasteiger partial charge on any atom is -0.474 e. The van der Waals surface area contributed by atoms with Gasteiger partial charge in [-0.25, -0.2) is 39.5 Å². The van der Waals surface area contributed by atoms with Crippen LogP contribution in [0.2, 0.25) is 0 Å². The fourth-order valence-electron chi connectivity index (χ4n) is 21.9. The molecule has 0 saturated carbocycles. The van der Waals surface area contributed by atoms with Gasteiger partial charge in [-0.15, -0.1) is 47.0 Å². The quantitative estimate of drug-likeness (QED) is 0.101. The third kappa shape index (κ3) is 17.1. The number of hydrogen-bond acceptors (Lipinski definition) is 22. The molecule has 43 heteroatoms. The van der Waals surface area contributed by atoms with Crippen molar-refractivity contribution in [2.24, 2.45) is 5.41 Å². The van der Waals surface area contributed by atoms with Crippen LogP contribution in [0, 0.1) is 46.1 Å². The molecular weight excluding hydrogens is 2040 g/mol. The van der Waals surface area contributed by atoms with Gasteiger partial charge in [-0.1, -0.05) is 111 Å². The van der Waals surface area contributed by atoms with E-state index in [1.54, 1.807) is 76.1 Å². The first-order valence-electron chi connectivity index (χ1n) is 46.3. The summed E-state index contributed by atoms with van der Waals surface area (Å²) in [6.45, 7) is 9.02. The number of aromatic nitrogens is 4. The lowest BCUT2D eigenvalue weighted by Gasteiger charge is -2.54. The number of benzene rings is 8. The van der Waals surface area contributed by atoms with Crippen molar-refractivity contribution in [1.29, 1.82) is 0 Å². The normalized spacial score (nSPS) is 22.4. The maximum Gasteiger partial charge on any atom is 0.278 e. The van der Waals surface area contributed by atoms with Crippen LogP contribution in [0.15, 0.2) is 239 Å². The number of piperidine rings is 2. The number of carbonyl (C=O) groups excluding carboxylic acids is 4. The maximum absolute atomic E-state index is 15.3. The minimum absolute atomic E-state index is 0.0275. The van der Waals surface area contributed by atoms with Gasteiger partial charge in [0.05, 0.1) is 107 Å². The Kier molecular flexibility index (Phi) is 27.0. The van der Waals surface area contributed by atoms with E-state index in [0.717, 1.165) is 76.4 Å². The van der Waals surface area contributed by atoms with E-state index in [4.69, 9.17) is 27.6 Å². The van der Waals surface area contributed by atoms with Gasteiger partial charge in [-0.2, -0.15) is 0 Å². The number of carbonyl (C=O) groups is 4. The minimum atomic E-state index is -3.12. The molecular formula is C102H91F9N12O14P4S4. The molecule has 14 atom stereocenters. The Labute approximate surface area is 850 Å². The van der Waals surface area contributed by atoms with Crippen molar-refractivity contribution in [2.75, 3.05) is 59.6 Å². The van der Waals surface area contributed by atoms with Gasteiger partial charge >= 0.3 is 0 Å². The highest BCUT2D eigenvalue weighted by Gasteiger charge is 2.56. The third-order valence-corrected chi connectivity index (χ3v) is 33.9. The van der Waals surface area contributed by atoms with E-state index in [1.807, 2.05) is 134 Å². The van der Waals surface area contributed by atoms with Gasteiger partial charge in [-0.3, -0.25) is 77.1 Å². The topological polar surface area (TPSA) is 238 Å². The molecule has 4 aromatic heterocycles. The van der Waals surface area contributed by atoms with Crippen LogP contribution in [0.3, 0.4) is 0 Å². The van der Waals surface area contributed by atoms with Gasteiger partial charge in [0.1, 0.15) is 30.5 Å². The van der Waals surface area contributed by atoms with E-state index in [9.17, 15) is 64.7 Å². The monoisotopic (exact) mass is 2130 g/mol. The fraction of sp³-hybridized carbons (Fsp3) is 0.294. The van der Waals surface area contributed by atoms with Crippen LogP contribution >= 0.6 is 84.9 Å². The number of hydrogen-bond donors (Lipinski definition) is 0. The summed E-state index contributed by atoms with van der Waals surface area (Å²) < 4.78 is 172. The van der Waals surface area contributed by atoms with Gasteiger partial charge in [0, 0.05) is 121 Å². The molecule has 0 bridgehead atoms. The molecule has 145 heavy (non-hydrogen) atoms. The van der Waals surface area contributed by atoms with Gasteiger partial charge in [0.15, 0.2) is 57.7 Å². The molecule has 4 amide bonds. The molecule has 24 rings (SSSR count). The molecule has 4 fully saturated rings. The van der Waals surface area contributed by atoms with E-state index >= 15 is 13.2 Å². The molecule has 12 aromatic rings. The smallest absolute Gasteiger partial charge is 0.278 e. The average molecular weight is 2130 g/mol. The van der Waals surface area contributed by atoms with Crippen molar-refractivity contribution in [3.63, 3.8) is 0 Å². The molecule has 16 heterocycles. The lowest BCUT2D eigenvalue weighted by Crippen LogP contribution is -2.68. The van der Waals surface area contributed by atoms with Crippen molar-refractivity contribution >= 4 is 109 Å². The Balaban J connectivity index is 0.000000114. The van der Waals surface area contributed by atoms with Crippen LogP contribution in [-0.2, 0) is 32.5 Å². The van der Waals surface area contributed by atoms with Crippen LogP contribution in [-0.4, -0.2) is 144 Å². The Morgan fingerprint density at radius 2 is 0.697 bits per heavy atom. The van der Waals surface area contributed by atoms with E-state index in [-0.39, 0.29) is 146 Å². The number of pyridine rings is 4. The Bertz CT molecular complexity index is 7590. The lowest BCUT2D eigenvalue weighted by atomic mass is 9.79. The van der Waals surface area contributed by atoms with Gasteiger partial charge in [0.2, 0.25) is 44.7 Å². The highest BCUT2D eigenvalue weighted by molar-refractivity contribution is 7.99. The van der Waals surface area contributed by atoms with Crippen LogP contribution in [0.5, 0.6) is 23.0 Å². The molecule has 0 spiro atoms. The zero-order valence-corrected chi connectivity index (χ0v) is 85.5. The Morgan fingerprint density at radius 3 is 1.08 bits per heavy atom. The summed E-state index contributed by atoms with van der Waals surface area (Å²) in [5.41, 5.74) is 6.03. The van der Waals surface area contributed by atoms with Crippen molar-refractivity contribution < 1.29 is 86.3 Å². The molecule has 750 valence electrons. The standard InChI is InChI=1S/C27H26F2N3O3PS.C25H20F4N3O3PS.C25H22F2N3O4PS.C25H23FN3O4PS/c1-27(2)10-12-30-21(13-27)32(31-11-9-19(33)25(35-36)24(31)26(30)34)23-15-7-8-18(28)22(29)17(15)14-37-20-6-4-3-5-16(20)23;26-16-6-5-13-15(20(16)27)11-37-18-4-2-1-3-14(18)21(13)32-19-7-9-25(28,29)12-30(19)24(34)22-23(35-36)17(33)8-10-31(22)32;1-13-10-33-11-20-29(13)25(32)23-24(34-35)18(31)8-9-28(23)30(20)22-14-6-7-17(26)21(27)16(14)12-36-19-5-3-2-4-15(19)22;1-14-11-32-12-21-28(14)25(31)23-24(33-34)19(30)8-9-27(23)29(21)22-17-7-6-16(26)10-15(17)13-35-20-5-3-2-4-18(20)22/h3-9,11,21,23H,10,12-14,36H2,1-2H3;1-6,8,10,19,21H,7,9,11-12,36H2;2-9,13,20,22H,10-12,35H2,1H3;2-10,14,21-22H,11-13,34H2,1H3/t21-,23+;19-,21+;13-,20-,22+;14-,21+,22-/m1110/s1. The first kappa shape index (κ1) is 99.2. The summed E-state index contributed by atoms with van der Waals surface area (Å²) in [4.78, 5) is 116. The SMILES string of the molecule is CC1(C)CCN2C(=O)c3c(OP)c(=O)ccn3N([C@@H]3c4ccccc4SCc4c3ccc(F)c4F)[C@@H]2C1.C[C@@H]1COC[C@@H]2N1C(=O)c1c(OP)c(=O)ccn1N2[C@@H]1c2ccccc2SCc2c1ccc(F)c2F.C[C@H]1COC[C@@H]2N1C(=O)c1c(OP)c(=O)ccn1N2[C@H]1c2ccc(F)cc2CSc2ccccc21.O=C1c2c(OP)c(=O)ccn2N([C@@H]2c3ccccc3SCc3c2ccc(F)c3F)[C@@H]2CCC(F)(F)CN12. The fourth-order valence-corrected chi connectivity index (χ4v) is 27.3. The summed E-state index contributed by atoms with van der Waals surface area (Å²) in [6.07, 6.45) is 4.79. The number of fused-ring (bicyclic) bond motifs is 16. The highest BCUT2D eigenvalue weighted by atomic mass is 32.2. The summed E-state index contributed by atoms with van der Waals surface area (Å²) in [7, 11) is 8.11. The largest absolute Gasteiger partial charge is 0.474 e. The van der Waals surface area contributed by atoms with E-state index < -0.39 is 113 Å². The molecule has 8 aromatic carbocycles. The number of ether oxygens (including phenoxy) is 2. The molecule has 0 aliphatic carbocycles.